The van der Waals surface area contributed by atoms with E-state index in [9.17, 15) is 13.2 Å². The number of aromatic nitrogens is 1. The molecule has 0 radical (unpaired) electrons. The number of hydrogen-bond acceptors (Lipinski definition) is 5. The fraction of sp³-hybridized carbons (Fsp3) is 0.286. The first kappa shape index (κ1) is 15.2. The van der Waals surface area contributed by atoms with Crippen LogP contribution in [-0.2, 0) is 9.84 Å². The highest BCUT2D eigenvalue weighted by atomic mass is 32.2. The molecule has 1 amide bonds. The normalized spacial score (nSPS) is 11.6. The summed E-state index contributed by atoms with van der Waals surface area (Å²) < 4.78 is 29.7. The van der Waals surface area contributed by atoms with Gasteiger partial charge in [-0.15, -0.1) is 0 Å². The van der Waals surface area contributed by atoms with Crippen molar-refractivity contribution < 1.29 is 17.6 Å². The van der Waals surface area contributed by atoms with Gasteiger partial charge in [0.15, 0.2) is 9.84 Å². The van der Waals surface area contributed by atoms with Crippen LogP contribution in [0.2, 0.25) is 0 Å². The van der Waals surface area contributed by atoms with Crippen molar-refractivity contribution in [2.24, 2.45) is 0 Å². The van der Waals surface area contributed by atoms with E-state index in [4.69, 9.17) is 4.42 Å². The number of anilines is 1. The predicted molar refractivity (Wildman–Crippen MR) is 78.0 cm³/mol. The molecule has 1 N–H and O–H groups in total. The molecule has 1 heterocycles. The van der Waals surface area contributed by atoms with Crippen LogP contribution < -0.4 is 5.32 Å². The summed E-state index contributed by atoms with van der Waals surface area (Å²) in [6.07, 6.45) is 1.46. The Morgan fingerprint density at radius 2 is 1.95 bits per heavy atom. The quantitative estimate of drug-likeness (QED) is 0.937. The van der Waals surface area contributed by atoms with E-state index in [0.29, 0.717) is 5.76 Å². The number of benzene rings is 1. The van der Waals surface area contributed by atoms with Gasteiger partial charge in [-0.2, -0.15) is 0 Å². The minimum absolute atomic E-state index is 0.000720. The van der Waals surface area contributed by atoms with Crippen molar-refractivity contribution in [1.29, 1.82) is 0 Å². The van der Waals surface area contributed by atoms with Gasteiger partial charge in [-0.1, -0.05) is 12.1 Å². The first-order valence-electron chi connectivity index (χ1n) is 6.39. The number of nitrogens with one attached hydrogen (secondary N) is 1. The zero-order chi connectivity index (χ0) is 15.6. The van der Waals surface area contributed by atoms with Crippen LogP contribution in [0.4, 0.5) is 6.01 Å². The van der Waals surface area contributed by atoms with Gasteiger partial charge in [0.1, 0.15) is 5.76 Å². The molecular weight excluding hydrogens is 292 g/mol. The van der Waals surface area contributed by atoms with Crippen LogP contribution in [0.1, 0.15) is 30.0 Å². The van der Waals surface area contributed by atoms with Gasteiger partial charge in [-0.25, -0.2) is 13.4 Å². The molecule has 0 atom stereocenters. The molecule has 112 valence electrons. The minimum Gasteiger partial charge on any atom is -0.429 e. The van der Waals surface area contributed by atoms with Crippen LogP contribution in [0.25, 0.3) is 0 Å². The minimum atomic E-state index is -3.55. The molecule has 0 fully saturated rings. The predicted octanol–water partition coefficient (Wildman–Crippen LogP) is 2.42. The lowest BCUT2D eigenvalue weighted by Gasteiger charge is -2.11. The smallest absolute Gasteiger partial charge is 0.301 e. The Hall–Kier alpha value is -2.15. The zero-order valence-electron chi connectivity index (χ0n) is 12.0. The highest BCUT2D eigenvalue weighted by Crippen LogP contribution is 2.21. The van der Waals surface area contributed by atoms with Gasteiger partial charge in [0, 0.05) is 0 Å². The number of sulfone groups is 1. The zero-order valence-corrected chi connectivity index (χ0v) is 12.8. The average molecular weight is 308 g/mol. The number of oxazole rings is 1. The van der Waals surface area contributed by atoms with Crippen LogP contribution in [-0.4, -0.2) is 24.6 Å². The van der Waals surface area contributed by atoms with Crippen LogP contribution >= 0.6 is 0 Å². The molecule has 0 aliphatic carbocycles. The second-order valence-electron chi connectivity index (χ2n) is 4.82. The van der Waals surface area contributed by atoms with E-state index in [-0.39, 0.29) is 16.5 Å². The van der Waals surface area contributed by atoms with Crippen LogP contribution in [0.3, 0.4) is 0 Å². The molecule has 2 rings (SSSR count). The molecule has 1 aromatic heterocycles. The topological polar surface area (TPSA) is 89.3 Å². The first-order valence-corrected chi connectivity index (χ1v) is 7.93. The number of aryl methyl sites for hydroxylation is 1. The summed E-state index contributed by atoms with van der Waals surface area (Å²) in [5.41, 5.74) is 0.0713. The van der Waals surface area contributed by atoms with Crippen molar-refractivity contribution in [1.82, 2.24) is 4.98 Å². The maximum Gasteiger partial charge on any atom is 0.301 e. The van der Waals surface area contributed by atoms with Gasteiger partial charge in [0.05, 0.1) is 21.9 Å². The third-order valence-corrected chi connectivity index (χ3v) is 5.11. The Morgan fingerprint density at radius 3 is 2.52 bits per heavy atom. The Balaban J connectivity index is 2.38. The lowest BCUT2D eigenvalue weighted by atomic mass is 10.2. The van der Waals surface area contributed by atoms with Crippen LogP contribution in [0, 0.1) is 6.92 Å². The molecule has 0 spiro atoms. The van der Waals surface area contributed by atoms with Crippen molar-refractivity contribution in [3.05, 3.63) is 41.8 Å². The second-order valence-corrected chi connectivity index (χ2v) is 7.29. The van der Waals surface area contributed by atoms with Crippen molar-refractivity contribution in [3.63, 3.8) is 0 Å². The van der Waals surface area contributed by atoms with Gasteiger partial charge < -0.3 is 4.42 Å². The molecule has 0 aliphatic heterocycles. The van der Waals surface area contributed by atoms with E-state index < -0.39 is 21.0 Å². The van der Waals surface area contributed by atoms with Gasteiger partial charge in [0.2, 0.25) is 0 Å². The number of carbonyl (C=O) groups excluding carboxylic acids is 1. The standard InChI is InChI=1S/C14H16N2O4S/c1-9(2)21(18,19)12-7-5-4-6-11(12)13(17)16-14-15-8-10(3)20-14/h4-9H,1-3H3,(H,15,16,17). The maximum atomic E-state index is 12.3. The molecule has 7 heteroatoms. The van der Waals surface area contributed by atoms with Gasteiger partial charge >= 0.3 is 6.01 Å². The summed E-state index contributed by atoms with van der Waals surface area (Å²) in [4.78, 5) is 16.1. The maximum absolute atomic E-state index is 12.3. The number of hydrogen-bond donors (Lipinski definition) is 1. The summed E-state index contributed by atoms with van der Waals surface area (Å²) in [6.45, 7) is 4.84. The summed E-state index contributed by atoms with van der Waals surface area (Å²) >= 11 is 0. The molecule has 0 saturated carbocycles. The van der Waals surface area contributed by atoms with Crippen molar-refractivity contribution in [3.8, 4) is 0 Å². The third-order valence-electron chi connectivity index (χ3n) is 2.90. The van der Waals surface area contributed by atoms with E-state index in [1.54, 1.807) is 32.9 Å². The Labute approximate surface area is 123 Å². The number of nitrogens with zero attached hydrogens (tertiary/aromatic N) is 1. The SMILES string of the molecule is Cc1cnc(NC(=O)c2ccccc2S(=O)(=O)C(C)C)o1. The average Bonchev–Trinajstić information content (AvgIpc) is 2.83. The molecular formula is C14H16N2O4S. The molecule has 21 heavy (non-hydrogen) atoms. The number of rotatable bonds is 4. The Kier molecular flexibility index (Phi) is 4.13. The van der Waals surface area contributed by atoms with Gasteiger partial charge in [0.25, 0.3) is 5.91 Å². The second kappa shape index (κ2) is 5.69. The van der Waals surface area contributed by atoms with Crippen LogP contribution in [0.5, 0.6) is 0 Å². The van der Waals surface area contributed by atoms with Crippen molar-refractivity contribution >= 4 is 21.8 Å². The lowest BCUT2D eigenvalue weighted by molar-refractivity contribution is 0.102. The van der Waals surface area contributed by atoms with E-state index in [0.717, 1.165) is 0 Å². The molecule has 1 aromatic carbocycles. The van der Waals surface area contributed by atoms with Crippen molar-refractivity contribution in [2.45, 2.75) is 30.9 Å². The largest absolute Gasteiger partial charge is 0.429 e. The number of carbonyl (C=O) groups is 1. The van der Waals surface area contributed by atoms with Crippen molar-refractivity contribution in [2.75, 3.05) is 5.32 Å². The van der Waals surface area contributed by atoms with E-state index in [1.807, 2.05) is 0 Å². The Morgan fingerprint density at radius 1 is 1.29 bits per heavy atom. The summed E-state index contributed by atoms with van der Waals surface area (Å²) in [5, 5.41) is 1.83. The van der Waals surface area contributed by atoms with Gasteiger partial charge in [-0.05, 0) is 32.9 Å². The van der Waals surface area contributed by atoms with E-state index in [2.05, 4.69) is 10.3 Å². The van der Waals surface area contributed by atoms with E-state index >= 15 is 0 Å². The fourth-order valence-electron chi connectivity index (χ4n) is 1.73. The monoisotopic (exact) mass is 308 g/mol. The fourth-order valence-corrected chi connectivity index (χ4v) is 2.98. The Bertz CT molecular complexity index is 763. The van der Waals surface area contributed by atoms with E-state index in [1.165, 1.54) is 18.3 Å². The van der Waals surface area contributed by atoms with Gasteiger partial charge in [-0.3, -0.25) is 10.1 Å². The molecule has 0 saturated heterocycles. The summed E-state index contributed by atoms with van der Waals surface area (Å²) in [6, 6.07) is 6.11. The third kappa shape index (κ3) is 3.13. The molecule has 6 nitrogen and oxygen atoms in total. The lowest BCUT2D eigenvalue weighted by Crippen LogP contribution is -2.20. The van der Waals surface area contributed by atoms with Crippen LogP contribution in [0.15, 0.2) is 39.8 Å². The molecule has 0 unspecified atom stereocenters. The number of amides is 1. The summed E-state index contributed by atoms with van der Waals surface area (Å²) in [7, 11) is -3.55. The molecule has 0 aliphatic rings. The molecule has 0 bridgehead atoms. The highest BCUT2D eigenvalue weighted by Gasteiger charge is 2.25. The summed E-state index contributed by atoms with van der Waals surface area (Å²) in [5.74, 6) is -0.0231. The highest BCUT2D eigenvalue weighted by molar-refractivity contribution is 7.92. The first-order chi connectivity index (χ1) is 9.82. The molecule has 2 aromatic rings.